The molecule has 22 heavy (non-hydrogen) atoms. The Bertz CT molecular complexity index is 857. The molecule has 1 aliphatic carbocycles. The number of nitrogens with zero attached hydrogens (tertiary/aromatic N) is 1. The van der Waals surface area contributed by atoms with E-state index in [1.165, 1.54) is 11.1 Å². The van der Waals surface area contributed by atoms with Crippen molar-refractivity contribution in [2.45, 2.75) is 18.9 Å². The topological polar surface area (TPSA) is 42.0 Å². The van der Waals surface area contributed by atoms with E-state index in [2.05, 4.69) is 34.6 Å². The number of aromatic nitrogens is 1. The minimum atomic E-state index is 0.315. The van der Waals surface area contributed by atoms with Crippen LogP contribution in [-0.2, 0) is 6.42 Å². The Morgan fingerprint density at radius 2 is 1.95 bits per heavy atom. The van der Waals surface area contributed by atoms with Crippen molar-refractivity contribution in [2.24, 2.45) is 0 Å². The number of anilines is 1. The van der Waals surface area contributed by atoms with Crippen LogP contribution >= 0.6 is 0 Å². The highest BCUT2D eigenvalue weighted by Crippen LogP contribution is 2.33. The van der Waals surface area contributed by atoms with E-state index in [1.807, 2.05) is 30.3 Å². The molecule has 0 fully saturated rings. The van der Waals surface area contributed by atoms with Crippen molar-refractivity contribution < 1.29 is 4.79 Å². The Morgan fingerprint density at radius 3 is 2.86 bits per heavy atom. The van der Waals surface area contributed by atoms with Gasteiger partial charge in [-0.1, -0.05) is 36.4 Å². The van der Waals surface area contributed by atoms with Crippen LogP contribution in [0.4, 0.5) is 5.82 Å². The molecule has 108 valence electrons. The smallest absolute Gasteiger partial charge is 0.150 e. The highest BCUT2D eigenvalue weighted by molar-refractivity contribution is 5.96. The van der Waals surface area contributed by atoms with Gasteiger partial charge in [-0.25, -0.2) is 4.98 Å². The first kappa shape index (κ1) is 13.0. The Labute approximate surface area is 129 Å². The fourth-order valence-corrected chi connectivity index (χ4v) is 3.25. The van der Waals surface area contributed by atoms with Gasteiger partial charge in [-0.2, -0.15) is 0 Å². The van der Waals surface area contributed by atoms with Gasteiger partial charge in [0.2, 0.25) is 0 Å². The molecule has 1 atom stereocenters. The van der Waals surface area contributed by atoms with Crippen molar-refractivity contribution in [1.29, 1.82) is 0 Å². The third-order valence-electron chi connectivity index (χ3n) is 4.35. The SMILES string of the molecule is O=Cc1cccc2nc(N[C@@H]3CCc4ccccc43)ccc12. The lowest BCUT2D eigenvalue weighted by molar-refractivity contribution is 0.112. The Balaban J connectivity index is 1.67. The number of pyridine rings is 1. The molecule has 3 aromatic rings. The minimum absolute atomic E-state index is 0.315. The Kier molecular flexibility index (Phi) is 3.11. The van der Waals surface area contributed by atoms with Gasteiger partial charge in [-0.15, -0.1) is 0 Å². The number of nitrogens with one attached hydrogen (secondary N) is 1. The van der Waals surface area contributed by atoms with E-state index in [1.54, 1.807) is 0 Å². The Morgan fingerprint density at radius 1 is 1.05 bits per heavy atom. The molecule has 3 nitrogen and oxygen atoms in total. The van der Waals surface area contributed by atoms with Gasteiger partial charge >= 0.3 is 0 Å². The molecule has 0 unspecified atom stereocenters. The lowest BCUT2D eigenvalue weighted by Gasteiger charge is -2.15. The first-order valence-electron chi connectivity index (χ1n) is 7.54. The van der Waals surface area contributed by atoms with Crippen LogP contribution in [0.2, 0.25) is 0 Å². The second-order valence-corrected chi connectivity index (χ2v) is 5.66. The number of carbonyl (C=O) groups excluding carboxylic acids is 1. The first-order valence-corrected chi connectivity index (χ1v) is 7.54. The van der Waals surface area contributed by atoms with E-state index in [0.29, 0.717) is 11.6 Å². The fraction of sp³-hybridized carbons (Fsp3) is 0.158. The summed E-state index contributed by atoms with van der Waals surface area (Å²) in [4.78, 5) is 15.7. The number of aldehydes is 1. The molecule has 4 rings (SSSR count). The number of benzene rings is 2. The second kappa shape index (κ2) is 5.26. The lowest BCUT2D eigenvalue weighted by Crippen LogP contribution is -2.08. The summed E-state index contributed by atoms with van der Waals surface area (Å²) in [6.45, 7) is 0. The zero-order valence-electron chi connectivity index (χ0n) is 12.1. The highest BCUT2D eigenvalue weighted by atomic mass is 16.1. The third-order valence-corrected chi connectivity index (χ3v) is 4.35. The molecule has 0 radical (unpaired) electrons. The monoisotopic (exact) mass is 288 g/mol. The van der Waals surface area contributed by atoms with E-state index >= 15 is 0 Å². The van der Waals surface area contributed by atoms with E-state index < -0.39 is 0 Å². The van der Waals surface area contributed by atoms with E-state index in [-0.39, 0.29) is 0 Å². The minimum Gasteiger partial charge on any atom is -0.363 e. The van der Waals surface area contributed by atoms with Crippen molar-refractivity contribution in [1.82, 2.24) is 4.98 Å². The first-order chi connectivity index (χ1) is 10.8. The average Bonchev–Trinajstić information content (AvgIpc) is 2.97. The standard InChI is InChI=1S/C19H16N2O/c22-12-14-5-3-7-17-16(14)9-11-19(20-17)21-18-10-8-13-4-1-2-6-15(13)18/h1-7,9,11-12,18H,8,10H2,(H,20,21)/t18-/m1/s1. The summed E-state index contributed by atoms with van der Waals surface area (Å²) in [7, 11) is 0. The lowest BCUT2D eigenvalue weighted by atomic mass is 10.1. The summed E-state index contributed by atoms with van der Waals surface area (Å²) in [5.41, 5.74) is 4.32. The molecule has 0 spiro atoms. The summed E-state index contributed by atoms with van der Waals surface area (Å²) >= 11 is 0. The van der Waals surface area contributed by atoms with Crippen LogP contribution in [0.25, 0.3) is 10.9 Å². The number of rotatable bonds is 3. The van der Waals surface area contributed by atoms with Crippen LogP contribution in [0.1, 0.15) is 33.9 Å². The zero-order valence-corrected chi connectivity index (χ0v) is 12.1. The molecular weight excluding hydrogens is 272 g/mol. The molecular formula is C19H16N2O. The van der Waals surface area contributed by atoms with Gasteiger partial charge in [-0.05, 0) is 42.2 Å². The molecule has 0 amide bonds. The Hall–Kier alpha value is -2.68. The number of aryl methyl sites for hydroxylation is 1. The van der Waals surface area contributed by atoms with Gasteiger partial charge < -0.3 is 5.32 Å². The molecule has 0 saturated carbocycles. The predicted octanol–water partition coefficient (Wildman–Crippen LogP) is 4.15. The number of hydrogen-bond acceptors (Lipinski definition) is 3. The molecule has 0 bridgehead atoms. The molecule has 1 aliphatic rings. The van der Waals surface area contributed by atoms with Gasteiger partial charge in [0.05, 0.1) is 11.6 Å². The summed E-state index contributed by atoms with van der Waals surface area (Å²) in [5.74, 6) is 0.859. The number of fused-ring (bicyclic) bond motifs is 2. The van der Waals surface area contributed by atoms with Crippen molar-refractivity contribution in [3.05, 3.63) is 71.3 Å². The van der Waals surface area contributed by atoms with E-state index in [0.717, 1.165) is 35.8 Å². The maximum absolute atomic E-state index is 11.1. The fourth-order valence-electron chi connectivity index (χ4n) is 3.25. The van der Waals surface area contributed by atoms with Crippen LogP contribution < -0.4 is 5.32 Å². The molecule has 1 N–H and O–H groups in total. The van der Waals surface area contributed by atoms with Crippen LogP contribution in [0.5, 0.6) is 0 Å². The van der Waals surface area contributed by atoms with Crippen LogP contribution in [0.15, 0.2) is 54.6 Å². The predicted molar refractivity (Wildman–Crippen MR) is 88.3 cm³/mol. The zero-order chi connectivity index (χ0) is 14.9. The maximum atomic E-state index is 11.1. The van der Waals surface area contributed by atoms with E-state index in [4.69, 9.17) is 0 Å². The summed E-state index contributed by atoms with van der Waals surface area (Å²) < 4.78 is 0. The van der Waals surface area contributed by atoms with Gasteiger partial charge in [0.25, 0.3) is 0 Å². The summed E-state index contributed by atoms with van der Waals surface area (Å²) in [6.07, 6.45) is 3.08. The average molecular weight is 288 g/mol. The summed E-state index contributed by atoms with van der Waals surface area (Å²) in [5, 5.41) is 4.43. The number of carbonyl (C=O) groups is 1. The van der Waals surface area contributed by atoms with E-state index in [9.17, 15) is 4.79 Å². The van der Waals surface area contributed by atoms with Crippen molar-refractivity contribution in [2.75, 3.05) is 5.32 Å². The molecule has 1 heterocycles. The van der Waals surface area contributed by atoms with Gasteiger partial charge in [0.1, 0.15) is 5.82 Å². The molecule has 1 aromatic heterocycles. The van der Waals surface area contributed by atoms with Crippen molar-refractivity contribution in [3.63, 3.8) is 0 Å². The van der Waals surface area contributed by atoms with Crippen molar-refractivity contribution in [3.8, 4) is 0 Å². The van der Waals surface area contributed by atoms with Gasteiger partial charge in [0, 0.05) is 10.9 Å². The van der Waals surface area contributed by atoms with Gasteiger partial charge in [-0.3, -0.25) is 4.79 Å². The highest BCUT2D eigenvalue weighted by Gasteiger charge is 2.21. The third kappa shape index (κ3) is 2.15. The second-order valence-electron chi connectivity index (χ2n) is 5.66. The molecule has 3 heteroatoms. The van der Waals surface area contributed by atoms with Gasteiger partial charge in [0.15, 0.2) is 6.29 Å². The molecule has 0 saturated heterocycles. The summed E-state index contributed by atoms with van der Waals surface area (Å²) in [6, 6.07) is 18.4. The van der Waals surface area contributed by atoms with Crippen LogP contribution in [-0.4, -0.2) is 11.3 Å². The normalized spacial score (nSPS) is 16.5. The largest absolute Gasteiger partial charge is 0.363 e. The maximum Gasteiger partial charge on any atom is 0.150 e. The number of hydrogen-bond donors (Lipinski definition) is 1. The van der Waals surface area contributed by atoms with Crippen molar-refractivity contribution >= 4 is 23.0 Å². The quantitative estimate of drug-likeness (QED) is 0.736. The van der Waals surface area contributed by atoms with Crippen LogP contribution in [0.3, 0.4) is 0 Å². The molecule has 0 aliphatic heterocycles. The molecule has 2 aromatic carbocycles. The van der Waals surface area contributed by atoms with Crippen LogP contribution in [0, 0.1) is 0 Å².